The first-order chi connectivity index (χ1) is 7.74. The van der Waals surface area contributed by atoms with Gasteiger partial charge in [0.15, 0.2) is 11.6 Å². The van der Waals surface area contributed by atoms with Crippen LogP contribution < -0.4 is 0 Å². The van der Waals surface area contributed by atoms with Gasteiger partial charge in [0.2, 0.25) is 0 Å². The Balaban J connectivity index is 2.00. The van der Waals surface area contributed by atoms with Gasteiger partial charge in [0.25, 0.3) is 0 Å². The third-order valence-corrected chi connectivity index (χ3v) is 2.64. The summed E-state index contributed by atoms with van der Waals surface area (Å²) in [6.45, 7) is 0. The third-order valence-electron chi connectivity index (χ3n) is 2.64. The number of H-pyrrole nitrogens is 1. The molecule has 5 heteroatoms. The number of nitrogens with zero attached hydrogens (tertiary/aromatic N) is 2. The fraction of sp³-hybridized carbons (Fsp3) is 0.273. The van der Waals surface area contributed by atoms with Crippen LogP contribution in [0, 0.1) is 11.6 Å². The van der Waals surface area contributed by atoms with Crippen LogP contribution in [-0.2, 0) is 0 Å². The molecule has 0 radical (unpaired) electrons. The molecule has 2 aromatic rings. The molecule has 0 aromatic carbocycles. The number of imidazole rings is 1. The van der Waals surface area contributed by atoms with Crippen molar-refractivity contribution in [3.8, 4) is 11.5 Å². The number of aromatic nitrogens is 3. The Bertz CT molecular complexity index is 532. The lowest BCUT2D eigenvalue weighted by atomic mass is 10.3. The van der Waals surface area contributed by atoms with Crippen molar-refractivity contribution in [2.45, 2.75) is 18.8 Å². The monoisotopic (exact) mass is 221 g/mol. The van der Waals surface area contributed by atoms with Crippen molar-refractivity contribution in [1.82, 2.24) is 15.0 Å². The maximum Gasteiger partial charge on any atom is 0.159 e. The molecule has 0 unspecified atom stereocenters. The summed E-state index contributed by atoms with van der Waals surface area (Å²) in [6, 6.07) is 0.807. The van der Waals surface area contributed by atoms with Crippen LogP contribution in [0.5, 0.6) is 0 Å². The molecule has 3 rings (SSSR count). The molecule has 0 bridgehead atoms. The highest BCUT2D eigenvalue weighted by atomic mass is 19.1. The van der Waals surface area contributed by atoms with E-state index in [4.69, 9.17) is 0 Å². The molecule has 0 aliphatic heterocycles. The molecule has 0 atom stereocenters. The fourth-order valence-corrected chi connectivity index (χ4v) is 1.65. The van der Waals surface area contributed by atoms with Gasteiger partial charge in [-0.05, 0) is 12.8 Å². The summed E-state index contributed by atoms with van der Waals surface area (Å²) in [7, 11) is 0. The fourth-order valence-electron chi connectivity index (χ4n) is 1.65. The van der Waals surface area contributed by atoms with E-state index in [9.17, 15) is 8.78 Å². The van der Waals surface area contributed by atoms with E-state index in [1.165, 1.54) is 0 Å². The van der Waals surface area contributed by atoms with Gasteiger partial charge < -0.3 is 4.98 Å². The van der Waals surface area contributed by atoms with Crippen molar-refractivity contribution >= 4 is 0 Å². The summed E-state index contributed by atoms with van der Waals surface area (Å²) < 4.78 is 26.1. The average molecular weight is 221 g/mol. The summed E-state index contributed by atoms with van der Waals surface area (Å²) in [5.74, 6) is -0.504. The van der Waals surface area contributed by atoms with E-state index in [1.54, 1.807) is 6.20 Å². The average Bonchev–Trinajstić information content (AvgIpc) is 2.98. The third kappa shape index (κ3) is 1.58. The predicted octanol–water partition coefficient (Wildman–Crippen LogP) is 2.63. The van der Waals surface area contributed by atoms with Gasteiger partial charge in [-0.25, -0.2) is 18.7 Å². The summed E-state index contributed by atoms with van der Waals surface area (Å²) in [5.41, 5.74) is 1.06. The number of halogens is 2. The van der Waals surface area contributed by atoms with Crippen LogP contribution in [0.4, 0.5) is 8.78 Å². The molecule has 3 nitrogen and oxygen atoms in total. The van der Waals surface area contributed by atoms with Crippen molar-refractivity contribution in [1.29, 1.82) is 0 Å². The van der Waals surface area contributed by atoms with Crippen LogP contribution in [0.3, 0.4) is 0 Å². The summed E-state index contributed by atoms with van der Waals surface area (Å²) in [4.78, 5) is 10.8. The Morgan fingerprint density at radius 2 is 2.00 bits per heavy atom. The number of hydrogen-bond acceptors (Lipinski definition) is 2. The van der Waals surface area contributed by atoms with Crippen LogP contribution in [0.25, 0.3) is 11.5 Å². The molecule has 0 saturated heterocycles. The van der Waals surface area contributed by atoms with Crippen LogP contribution >= 0.6 is 0 Å². The maximum atomic E-state index is 13.4. The molecule has 2 heterocycles. The standard InChI is InChI=1S/C11H9F2N3/c12-7-3-8(13)10(14-4-7)11-15-5-9(16-11)6-1-2-6/h3-6H,1-2H2,(H,15,16). The van der Waals surface area contributed by atoms with Crippen molar-refractivity contribution in [2.24, 2.45) is 0 Å². The highest BCUT2D eigenvalue weighted by Crippen LogP contribution is 2.39. The first kappa shape index (κ1) is 9.45. The van der Waals surface area contributed by atoms with Crippen molar-refractivity contribution in [3.05, 3.63) is 35.8 Å². The van der Waals surface area contributed by atoms with Gasteiger partial charge in [0, 0.05) is 23.9 Å². The molecule has 2 aromatic heterocycles. The second-order valence-corrected chi connectivity index (χ2v) is 3.95. The summed E-state index contributed by atoms with van der Waals surface area (Å²) >= 11 is 0. The topological polar surface area (TPSA) is 41.6 Å². The zero-order valence-corrected chi connectivity index (χ0v) is 8.37. The smallest absolute Gasteiger partial charge is 0.159 e. The van der Waals surface area contributed by atoms with Gasteiger partial charge in [-0.15, -0.1) is 0 Å². The lowest BCUT2D eigenvalue weighted by Crippen LogP contribution is -1.92. The molecule has 1 fully saturated rings. The quantitative estimate of drug-likeness (QED) is 0.846. The number of pyridine rings is 1. The van der Waals surface area contributed by atoms with Crippen molar-refractivity contribution < 1.29 is 8.78 Å². The van der Waals surface area contributed by atoms with Crippen molar-refractivity contribution in [3.63, 3.8) is 0 Å². The molecule has 16 heavy (non-hydrogen) atoms. The normalized spacial score (nSPS) is 15.4. The minimum Gasteiger partial charge on any atom is -0.340 e. The Morgan fingerprint density at radius 1 is 1.19 bits per heavy atom. The second-order valence-electron chi connectivity index (χ2n) is 3.95. The predicted molar refractivity (Wildman–Crippen MR) is 53.7 cm³/mol. The van der Waals surface area contributed by atoms with Crippen LogP contribution in [0.2, 0.25) is 0 Å². The largest absolute Gasteiger partial charge is 0.340 e. The van der Waals surface area contributed by atoms with E-state index < -0.39 is 11.6 Å². The van der Waals surface area contributed by atoms with E-state index in [1.807, 2.05) is 0 Å². The van der Waals surface area contributed by atoms with E-state index in [0.717, 1.165) is 30.8 Å². The van der Waals surface area contributed by atoms with E-state index in [2.05, 4.69) is 15.0 Å². The Morgan fingerprint density at radius 3 is 2.69 bits per heavy atom. The Labute approximate surface area is 90.6 Å². The maximum absolute atomic E-state index is 13.4. The molecule has 0 amide bonds. The zero-order valence-electron chi connectivity index (χ0n) is 8.37. The molecular formula is C11H9F2N3. The highest BCUT2D eigenvalue weighted by Gasteiger charge is 2.26. The molecule has 1 aliphatic carbocycles. The summed E-state index contributed by atoms with van der Waals surface area (Å²) in [5, 5.41) is 0. The minimum atomic E-state index is -0.698. The van der Waals surface area contributed by atoms with E-state index >= 15 is 0 Å². The summed E-state index contributed by atoms with van der Waals surface area (Å²) in [6.07, 6.45) is 4.96. The SMILES string of the molecule is Fc1cnc(-c2ncc(C3CC3)[nH]2)c(F)c1. The molecule has 1 aliphatic rings. The van der Waals surface area contributed by atoms with Crippen LogP contribution in [-0.4, -0.2) is 15.0 Å². The lowest BCUT2D eigenvalue weighted by Gasteiger charge is -1.98. The lowest BCUT2D eigenvalue weighted by molar-refractivity contribution is 0.575. The highest BCUT2D eigenvalue weighted by molar-refractivity contribution is 5.50. The van der Waals surface area contributed by atoms with Gasteiger partial charge >= 0.3 is 0 Å². The first-order valence-corrected chi connectivity index (χ1v) is 5.10. The molecule has 1 N–H and O–H groups in total. The van der Waals surface area contributed by atoms with Gasteiger partial charge in [-0.1, -0.05) is 0 Å². The zero-order chi connectivity index (χ0) is 11.1. The Hall–Kier alpha value is -1.78. The number of hydrogen-bond donors (Lipinski definition) is 1. The number of aromatic amines is 1. The van der Waals surface area contributed by atoms with E-state index in [-0.39, 0.29) is 5.69 Å². The van der Waals surface area contributed by atoms with Crippen LogP contribution in [0.15, 0.2) is 18.5 Å². The number of rotatable bonds is 2. The molecule has 82 valence electrons. The van der Waals surface area contributed by atoms with Gasteiger partial charge in [0.05, 0.1) is 6.20 Å². The second kappa shape index (κ2) is 3.37. The van der Waals surface area contributed by atoms with Gasteiger partial charge in [-0.3, -0.25) is 0 Å². The Kier molecular flexibility index (Phi) is 1.99. The molecule has 0 spiro atoms. The number of nitrogens with one attached hydrogen (secondary N) is 1. The van der Waals surface area contributed by atoms with E-state index in [0.29, 0.717) is 11.7 Å². The molecule has 1 saturated carbocycles. The van der Waals surface area contributed by atoms with Crippen molar-refractivity contribution in [2.75, 3.05) is 0 Å². The first-order valence-electron chi connectivity index (χ1n) is 5.10. The van der Waals surface area contributed by atoms with Gasteiger partial charge in [-0.2, -0.15) is 0 Å². The minimum absolute atomic E-state index is 0.0632. The van der Waals surface area contributed by atoms with Crippen LogP contribution in [0.1, 0.15) is 24.5 Å². The van der Waals surface area contributed by atoms with Gasteiger partial charge in [0.1, 0.15) is 11.5 Å². The molecular weight excluding hydrogens is 212 g/mol.